The van der Waals surface area contributed by atoms with Crippen LogP contribution in [0.1, 0.15) is 30.1 Å². The average Bonchev–Trinajstić information content (AvgIpc) is 2.46. The molecule has 0 aliphatic rings. The third-order valence-electron chi connectivity index (χ3n) is 2.60. The molecule has 0 aliphatic carbocycles. The number of carbonyl (C=O) groups is 2. The minimum atomic E-state index is -0.652. The number of hydrogen-bond donors (Lipinski definition) is 1. The van der Waals surface area contributed by atoms with Crippen LogP contribution in [0.4, 0.5) is 0 Å². The average molecular weight is 261 g/mol. The monoisotopic (exact) mass is 261 g/mol. The van der Waals surface area contributed by atoms with Gasteiger partial charge in [-0.3, -0.25) is 4.79 Å². The second-order valence-electron chi connectivity index (χ2n) is 4.03. The van der Waals surface area contributed by atoms with Crippen LogP contribution in [-0.4, -0.2) is 25.0 Å². The minimum absolute atomic E-state index is 0.277. The van der Waals surface area contributed by atoms with Crippen molar-refractivity contribution in [2.45, 2.75) is 25.8 Å². The maximum atomic E-state index is 12.0. The molecule has 0 heterocycles. The van der Waals surface area contributed by atoms with Crippen LogP contribution in [0.5, 0.6) is 0 Å². The van der Waals surface area contributed by atoms with Gasteiger partial charge in [0.15, 0.2) is 0 Å². The molecule has 102 valence electrons. The van der Waals surface area contributed by atoms with E-state index in [2.05, 4.69) is 5.32 Å². The first-order chi connectivity index (χ1) is 9.19. The predicted molar refractivity (Wildman–Crippen MR) is 73.8 cm³/mol. The summed E-state index contributed by atoms with van der Waals surface area (Å²) in [5.74, 6) is -0.717. The van der Waals surface area contributed by atoms with Gasteiger partial charge in [0, 0.05) is 5.56 Å². The van der Waals surface area contributed by atoms with Crippen molar-refractivity contribution in [2.75, 3.05) is 7.11 Å². The summed E-state index contributed by atoms with van der Waals surface area (Å²) >= 11 is 0. The number of benzene rings is 1. The first kappa shape index (κ1) is 15.0. The van der Waals surface area contributed by atoms with Crippen molar-refractivity contribution < 1.29 is 14.3 Å². The lowest BCUT2D eigenvalue weighted by Gasteiger charge is -2.14. The third-order valence-corrected chi connectivity index (χ3v) is 2.60. The molecule has 19 heavy (non-hydrogen) atoms. The quantitative estimate of drug-likeness (QED) is 0.631. The van der Waals surface area contributed by atoms with Gasteiger partial charge < -0.3 is 10.1 Å². The van der Waals surface area contributed by atoms with Crippen molar-refractivity contribution in [1.82, 2.24) is 5.32 Å². The predicted octanol–water partition coefficient (Wildman–Crippen LogP) is 2.31. The molecular weight excluding hydrogens is 242 g/mol. The van der Waals surface area contributed by atoms with Gasteiger partial charge in [-0.05, 0) is 25.0 Å². The number of hydrogen-bond acceptors (Lipinski definition) is 3. The Labute approximate surface area is 113 Å². The zero-order valence-corrected chi connectivity index (χ0v) is 11.3. The summed E-state index contributed by atoms with van der Waals surface area (Å²) < 4.78 is 4.69. The molecule has 0 fully saturated rings. The first-order valence-electron chi connectivity index (χ1n) is 6.27. The smallest absolute Gasteiger partial charge is 0.328 e. The van der Waals surface area contributed by atoms with E-state index in [0.717, 1.165) is 6.42 Å². The number of carbonyl (C=O) groups excluding carboxylic acids is 2. The Kier molecular flexibility index (Phi) is 6.36. The molecule has 0 radical (unpaired) electrons. The van der Waals surface area contributed by atoms with Crippen LogP contribution >= 0.6 is 0 Å². The molecule has 4 nitrogen and oxygen atoms in total. The molecule has 0 saturated carbocycles. The van der Waals surface area contributed by atoms with E-state index in [1.165, 1.54) is 7.11 Å². The normalized spacial score (nSPS) is 12.1. The Morgan fingerprint density at radius 3 is 2.53 bits per heavy atom. The molecule has 0 spiro atoms. The van der Waals surface area contributed by atoms with Gasteiger partial charge in [0.2, 0.25) is 0 Å². The van der Waals surface area contributed by atoms with Gasteiger partial charge in [-0.2, -0.15) is 0 Å². The van der Waals surface area contributed by atoms with Crippen molar-refractivity contribution >= 4 is 11.9 Å². The molecule has 1 aromatic carbocycles. The van der Waals surface area contributed by atoms with Gasteiger partial charge in [-0.15, -0.1) is 0 Å². The van der Waals surface area contributed by atoms with E-state index >= 15 is 0 Å². The Balaban J connectivity index is 2.69. The van der Waals surface area contributed by atoms with Crippen LogP contribution < -0.4 is 5.32 Å². The molecule has 1 atom stereocenters. The van der Waals surface area contributed by atoms with Crippen LogP contribution in [0.15, 0.2) is 42.5 Å². The molecule has 1 amide bonds. The Morgan fingerprint density at radius 2 is 1.95 bits per heavy atom. The summed E-state index contributed by atoms with van der Waals surface area (Å²) in [5.41, 5.74) is 0.524. The van der Waals surface area contributed by atoms with Crippen molar-refractivity contribution in [3.63, 3.8) is 0 Å². The van der Waals surface area contributed by atoms with Gasteiger partial charge in [0.1, 0.15) is 6.04 Å². The topological polar surface area (TPSA) is 55.4 Å². The fourth-order valence-corrected chi connectivity index (χ4v) is 1.59. The van der Waals surface area contributed by atoms with Crippen molar-refractivity contribution in [2.24, 2.45) is 0 Å². The molecule has 1 N–H and O–H groups in total. The van der Waals surface area contributed by atoms with Gasteiger partial charge in [-0.25, -0.2) is 4.79 Å². The van der Waals surface area contributed by atoms with E-state index in [1.807, 2.05) is 25.1 Å². The zero-order chi connectivity index (χ0) is 14.1. The number of nitrogens with one attached hydrogen (secondary N) is 1. The molecule has 4 heteroatoms. The number of ether oxygens (including phenoxy) is 1. The van der Waals surface area contributed by atoms with E-state index in [0.29, 0.717) is 12.0 Å². The second kappa shape index (κ2) is 8.08. The molecule has 0 aromatic heterocycles. The van der Waals surface area contributed by atoms with Crippen molar-refractivity contribution in [3.8, 4) is 0 Å². The highest BCUT2D eigenvalue weighted by molar-refractivity contribution is 5.96. The minimum Gasteiger partial charge on any atom is -0.467 e. The lowest BCUT2D eigenvalue weighted by atomic mass is 10.1. The highest BCUT2D eigenvalue weighted by Gasteiger charge is 2.20. The summed E-state index contributed by atoms with van der Waals surface area (Å²) in [5, 5.41) is 2.68. The Bertz CT molecular complexity index is 440. The van der Waals surface area contributed by atoms with Crippen LogP contribution in [0.3, 0.4) is 0 Å². The number of rotatable bonds is 6. The van der Waals surface area contributed by atoms with Crippen LogP contribution in [0, 0.1) is 0 Å². The van der Waals surface area contributed by atoms with E-state index in [1.54, 1.807) is 24.3 Å². The van der Waals surface area contributed by atoms with Gasteiger partial charge >= 0.3 is 5.97 Å². The van der Waals surface area contributed by atoms with E-state index in [9.17, 15) is 9.59 Å². The summed E-state index contributed by atoms with van der Waals surface area (Å²) in [6.07, 6.45) is 5.14. The highest BCUT2D eigenvalue weighted by Crippen LogP contribution is 2.03. The van der Waals surface area contributed by atoms with Crippen LogP contribution in [0.25, 0.3) is 0 Å². The highest BCUT2D eigenvalue weighted by atomic mass is 16.5. The molecule has 1 aromatic rings. The third kappa shape index (κ3) is 4.95. The van der Waals surface area contributed by atoms with Crippen LogP contribution in [0.2, 0.25) is 0 Å². The van der Waals surface area contributed by atoms with Gasteiger partial charge in [0.05, 0.1) is 7.11 Å². The van der Waals surface area contributed by atoms with Crippen LogP contribution in [-0.2, 0) is 9.53 Å². The van der Waals surface area contributed by atoms with E-state index < -0.39 is 12.0 Å². The van der Waals surface area contributed by atoms with E-state index in [4.69, 9.17) is 4.74 Å². The molecule has 0 saturated heterocycles. The Hall–Kier alpha value is -2.10. The largest absolute Gasteiger partial charge is 0.467 e. The zero-order valence-electron chi connectivity index (χ0n) is 11.3. The fourth-order valence-electron chi connectivity index (χ4n) is 1.59. The maximum Gasteiger partial charge on any atom is 0.328 e. The Morgan fingerprint density at radius 1 is 1.26 bits per heavy atom. The lowest BCUT2D eigenvalue weighted by molar-refractivity contribution is -0.142. The summed E-state index contributed by atoms with van der Waals surface area (Å²) in [7, 11) is 1.31. The standard InChI is InChI=1S/C15H19NO3/c1-3-4-6-11-13(15(18)19-2)16-14(17)12-9-7-5-8-10-12/h4-10,13H,3,11H2,1-2H3,(H,16,17). The summed E-state index contributed by atoms with van der Waals surface area (Å²) in [6, 6.07) is 8.13. The van der Waals surface area contributed by atoms with Crippen molar-refractivity contribution in [1.29, 1.82) is 0 Å². The number of amides is 1. The lowest BCUT2D eigenvalue weighted by Crippen LogP contribution is -2.41. The summed E-state index contributed by atoms with van der Waals surface area (Å²) in [4.78, 5) is 23.6. The van der Waals surface area contributed by atoms with Crippen molar-refractivity contribution in [3.05, 3.63) is 48.0 Å². The molecule has 0 bridgehead atoms. The fraction of sp³-hybridized carbons (Fsp3) is 0.333. The second-order valence-corrected chi connectivity index (χ2v) is 4.03. The molecule has 1 unspecified atom stereocenters. The molecular formula is C15H19NO3. The van der Waals surface area contributed by atoms with Gasteiger partial charge in [-0.1, -0.05) is 37.3 Å². The summed E-state index contributed by atoms with van der Waals surface area (Å²) in [6.45, 7) is 2.01. The SMILES string of the molecule is CCC=CCC(NC(=O)c1ccccc1)C(=O)OC. The van der Waals surface area contributed by atoms with E-state index in [-0.39, 0.29) is 5.91 Å². The molecule has 1 rings (SSSR count). The number of esters is 1. The number of methoxy groups -OCH3 is 1. The maximum absolute atomic E-state index is 12.0. The molecule has 0 aliphatic heterocycles. The first-order valence-corrected chi connectivity index (χ1v) is 6.27. The van der Waals surface area contributed by atoms with Gasteiger partial charge in [0.25, 0.3) is 5.91 Å². The number of allylic oxidation sites excluding steroid dienone is 1.